The summed E-state index contributed by atoms with van der Waals surface area (Å²) < 4.78 is 9.36. The number of nitrogens with zero attached hydrogens (tertiary/aromatic N) is 3. The van der Waals surface area contributed by atoms with Gasteiger partial charge in [0.05, 0.1) is 30.5 Å². The van der Waals surface area contributed by atoms with Crippen LogP contribution in [0.4, 0.5) is 0 Å². The summed E-state index contributed by atoms with van der Waals surface area (Å²) in [6.45, 7) is 25.8. The molecule has 69 heavy (non-hydrogen) atoms. The fraction of sp³-hybridized carbons (Fsp3) is 0.238. The summed E-state index contributed by atoms with van der Waals surface area (Å²) >= 11 is 0. The van der Waals surface area contributed by atoms with Crippen molar-refractivity contribution in [1.29, 1.82) is 0 Å². The van der Waals surface area contributed by atoms with Crippen LogP contribution in [-0.2, 0) is 30.9 Å². The SMILES string of the molecule is CC(C)c1cc(-c2ccccc2)cc(C(C)C)c1-n1c(-c2[c-]ccc3c2oc2cc4c(cc23)C(C)(C)C(C)(C)c2ccccc2-4)nc2ccccc21.C[Si](C)(C)c1ccnc(-c2[c-]cccc2)c1.[Ir]. The maximum absolute atomic E-state index is 6.97. The van der Waals surface area contributed by atoms with E-state index in [4.69, 9.17) is 9.40 Å². The van der Waals surface area contributed by atoms with Crippen molar-refractivity contribution in [2.24, 2.45) is 0 Å². The second-order valence-corrected chi connectivity index (χ2v) is 26.4. The Morgan fingerprint density at radius 2 is 1.28 bits per heavy atom. The summed E-state index contributed by atoms with van der Waals surface area (Å²) in [6, 6.07) is 61.0. The Morgan fingerprint density at radius 1 is 0.609 bits per heavy atom. The van der Waals surface area contributed by atoms with Crippen LogP contribution in [-0.4, -0.2) is 22.6 Å². The maximum atomic E-state index is 6.97. The van der Waals surface area contributed by atoms with Crippen LogP contribution < -0.4 is 5.19 Å². The molecule has 0 fully saturated rings. The van der Waals surface area contributed by atoms with E-state index < -0.39 is 8.07 Å². The number of aromatic nitrogens is 3. The molecule has 7 aromatic carbocycles. The van der Waals surface area contributed by atoms with Gasteiger partial charge in [-0.3, -0.25) is 4.98 Å². The molecule has 10 aromatic rings. The Balaban J connectivity index is 0.000000296. The zero-order chi connectivity index (χ0) is 47.7. The molecule has 0 saturated carbocycles. The minimum atomic E-state index is -1.25. The number of hydrogen-bond donors (Lipinski definition) is 0. The van der Waals surface area contributed by atoms with Crippen LogP contribution in [0.15, 0.2) is 162 Å². The summed E-state index contributed by atoms with van der Waals surface area (Å²) in [5.41, 5.74) is 18.1. The molecule has 0 unspecified atom stereocenters. The van der Waals surface area contributed by atoms with Crippen molar-refractivity contribution >= 4 is 46.2 Å². The number of furan rings is 1. The molecule has 1 radical (unpaired) electrons. The molecule has 0 atom stereocenters. The van der Waals surface area contributed by atoms with E-state index in [1.807, 2.05) is 30.5 Å². The van der Waals surface area contributed by atoms with E-state index in [-0.39, 0.29) is 42.8 Å². The minimum absolute atomic E-state index is 0. The molecule has 11 rings (SSSR count). The van der Waals surface area contributed by atoms with Crippen molar-refractivity contribution in [3.63, 3.8) is 0 Å². The van der Waals surface area contributed by atoms with Gasteiger partial charge in [0.2, 0.25) is 0 Å². The Morgan fingerprint density at radius 3 is 1.97 bits per heavy atom. The van der Waals surface area contributed by atoms with Gasteiger partial charge in [-0.05, 0) is 115 Å². The van der Waals surface area contributed by atoms with Crippen LogP contribution in [0.1, 0.15) is 89.5 Å². The van der Waals surface area contributed by atoms with Crippen molar-refractivity contribution in [3.8, 4) is 50.6 Å². The number of hydrogen-bond acceptors (Lipinski definition) is 3. The van der Waals surface area contributed by atoms with E-state index >= 15 is 0 Å². The zero-order valence-corrected chi connectivity index (χ0v) is 45.1. The van der Waals surface area contributed by atoms with E-state index in [9.17, 15) is 0 Å². The molecule has 0 amide bonds. The van der Waals surface area contributed by atoms with Crippen molar-refractivity contribution in [2.45, 2.75) is 97.7 Å². The predicted molar refractivity (Wildman–Crippen MR) is 289 cm³/mol. The first-order valence-corrected chi connectivity index (χ1v) is 27.7. The Labute approximate surface area is 423 Å². The van der Waals surface area contributed by atoms with Crippen LogP contribution in [0.25, 0.3) is 83.6 Å². The fourth-order valence-corrected chi connectivity index (χ4v) is 11.4. The summed E-state index contributed by atoms with van der Waals surface area (Å²) in [5, 5.41) is 3.66. The molecule has 0 N–H and O–H groups in total. The first-order chi connectivity index (χ1) is 32.5. The van der Waals surface area contributed by atoms with Crippen LogP contribution in [0.3, 0.4) is 0 Å². The third-order valence-electron chi connectivity index (χ3n) is 14.8. The molecule has 4 nitrogen and oxygen atoms in total. The first-order valence-electron chi connectivity index (χ1n) is 24.2. The number of rotatable bonds is 7. The average Bonchev–Trinajstić information content (AvgIpc) is 3.91. The van der Waals surface area contributed by atoms with E-state index in [1.54, 1.807) is 0 Å². The van der Waals surface area contributed by atoms with Crippen LogP contribution >= 0.6 is 0 Å². The molecule has 1 aliphatic rings. The van der Waals surface area contributed by atoms with Crippen molar-refractivity contribution < 1.29 is 24.5 Å². The van der Waals surface area contributed by atoms with Crippen molar-refractivity contribution in [3.05, 3.63) is 192 Å². The standard InChI is InChI=1S/C49H45N2O.C14H16NSi.Ir/c1-29(2)36-25-32(31-17-10-9-11-18-31)26-37(30(3)4)45(36)51-43-24-15-14-23-42(43)50-47(51)35-21-16-20-34-39-27-41-38(28-44(39)52-46(34)35)33-19-12-13-22-40(33)48(5,6)49(41,7)8;1-16(2,3)13-9-10-15-14(11-13)12-7-5-4-6-8-12;/h9-20,22-30H,1-8H3;4-7,9-11H,1-3H3;/q2*-1;. The van der Waals surface area contributed by atoms with Crippen LogP contribution in [0, 0.1) is 12.1 Å². The van der Waals surface area contributed by atoms with E-state index in [2.05, 4.69) is 224 Å². The zero-order valence-electron chi connectivity index (χ0n) is 41.7. The van der Waals surface area contributed by atoms with E-state index in [0.29, 0.717) is 0 Å². The first kappa shape index (κ1) is 47.9. The van der Waals surface area contributed by atoms with Crippen LogP contribution in [0.2, 0.25) is 19.6 Å². The maximum Gasteiger partial charge on any atom is 0.121 e. The number of imidazole rings is 1. The van der Waals surface area contributed by atoms with Gasteiger partial charge in [0.1, 0.15) is 5.58 Å². The molecule has 3 aromatic heterocycles. The molecule has 3 heterocycles. The monoisotopic (exact) mass is 1100 g/mol. The van der Waals surface area contributed by atoms with Crippen molar-refractivity contribution in [1.82, 2.24) is 14.5 Å². The van der Waals surface area contributed by atoms with Gasteiger partial charge < -0.3 is 14.0 Å². The third-order valence-corrected chi connectivity index (χ3v) is 16.9. The molecule has 1 aliphatic carbocycles. The average molecular weight is 1100 g/mol. The van der Waals surface area contributed by atoms with Gasteiger partial charge in [0.15, 0.2) is 0 Å². The Kier molecular flexibility index (Phi) is 12.7. The topological polar surface area (TPSA) is 43.9 Å². The molecular formula is C63H61IrN3OSi-2. The van der Waals surface area contributed by atoms with Gasteiger partial charge in [-0.1, -0.05) is 164 Å². The third kappa shape index (κ3) is 8.35. The van der Waals surface area contributed by atoms with Gasteiger partial charge in [-0.2, -0.15) is 0 Å². The van der Waals surface area contributed by atoms with Gasteiger partial charge in [-0.25, -0.2) is 0 Å². The Hall–Kier alpha value is -6.17. The molecule has 0 bridgehead atoms. The van der Waals surface area contributed by atoms with Gasteiger partial charge in [0.25, 0.3) is 0 Å². The number of pyridine rings is 1. The smallest absolute Gasteiger partial charge is 0.121 e. The van der Waals surface area contributed by atoms with Crippen molar-refractivity contribution in [2.75, 3.05) is 0 Å². The minimum Gasteiger partial charge on any atom is -0.501 e. The van der Waals surface area contributed by atoms with Gasteiger partial charge in [-0.15, -0.1) is 54.1 Å². The second-order valence-electron chi connectivity index (χ2n) is 21.3. The largest absolute Gasteiger partial charge is 0.501 e. The summed E-state index contributed by atoms with van der Waals surface area (Å²) in [5.74, 6) is 1.40. The quantitative estimate of drug-likeness (QED) is 0.118. The molecular weight excluding hydrogens is 1040 g/mol. The second kappa shape index (κ2) is 18.3. The normalized spacial score (nSPS) is 13.8. The molecule has 0 aliphatic heterocycles. The predicted octanol–water partition coefficient (Wildman–Crippen LogP) is 16.6. The summed E-state index contributed by atoms with van der Waals surface area (Å²) in [6.07, 6.45) is 1.91. The molecule has 0 spiro atoms. The summed E-state index contributed by atoms with van der Waals surface area (Å²) in [4.78, 5) is 9.80. The molecule has 6 heteroatoms. The number of fused-ring (bicyclic) bond motifs is 7. The van der Waals surface area contributed by atoms with Crippen LogP contribution in [0.5, 0.6) is 0 Å². The Bertz CT molecular complexity index is 3470. The number of para-hydroxylation sites is 2. The van der Waals surface area contributed by atoms with Gasteiger partial charge >= 0.3 is 0 Å². The fourth-order valence-electron chi connectivity index (χ4n) is 10.3. The molecule has 0 saturated heterocycles. The van der Waals surface area contributed by atoms with E-state index in [1.165, 1.54) is 55.4 Å². The molecule has 349 valence electrons. The number of benzene rings is 7. The van der Waals surface area contributed by atoms with E-state index in [0.717, 1.165) is 55.6 Å². The summed E-state index contributed by atoms with van der Waals surface area (Å²) in [7, 11) is -1.25. The van der Waals surface area contributed by atoms with Gasteiger partial charge in [0, 0.05) is 37.4 Å².